The van der Waals surface area contributed by atoms with Gasteiger partial charge in [-0.2, -0.15) is 0 Å². The Morgan fingerprint density at radius 1 is 1.19 bits per heavy atom. The molecule has 5 atom stereocenters. The van der Waals surface area contributed by atoms with E-state index in [1.54, 1.807) is 0 Å². The van der Waals surface area contributed by atoms with E-state index in [2.05, 4.69) is 28.6 Å². The molecular formula is C19H25Cl3N2OTi. The number of fused-ring (bicyclic) bond motifs is 4. The standard InChI is InChI=1S/C19H22N2O.3ClH.Ti/c1-2-13-12-21-10-8-14(13)11-18(21)19(22)16-7-9-20-17-6-4-3-5-15(16)17;;;;/h2-7,9,13-14,18-19,22H,1,8,10-12H2;3*1H;. The number of halogens is 3. The zero-order valence-corrected chi connectivity index (χ0v) is 18.5. The summed E-state index contributed by atoms with van der Waals surface area (Å²) in [4.78, 5) is 6.86. The second-order valence-corrected chi connectivity index (χ2v) is 6.61. The third-order valence-corrected chi connectivity index (χ3v) is 5.52. The molecule has 26 heavy (non-hydrogen) atoms. The number of aliphatic hydroxyl groups is 1. The minimum absolute atomic E-state index is 0. The average molecular weight is 452 g/mol. The largest absolute Gasteiger partial charge is 0.387 e. The fourth-order valence-electron chi connectivity index (χ4n) is 4.29. The number of benzene rings is 1. The van der Waals surface area contributed by atoms with Crippen molar-refractivity contribution in [1.29, 1.82) is 0 Å². The van der Waals surface area contributed by atoms with Crippen molar-refractivity contribution in [2.24, 2.45) is 11.8 Å². The molecule has 0 amide bonds. The van der Waals surface area contributed by atoms with Crippen molar-refractivity contribution < 1.29 is 26.8 Å². The number of hydrogen-bond donors (Lipinski definition) is 1. The number of pyridine rings is 1. The van der Waals surface area contributed by atoms with Crippen LogP contribution in [0, 0.1) is 11.8 Å². The molecule has 0 aliphatic carbocycles. The summed E-state index contributed by atoms with van der Waals surface area (Å²) in [6.45, 7) is 6.11. The number of piperidine rings is 3. The molecule has 2 bridgehead atoms. The van der Waals surface area contributed by atoms with Crippen LogP contribution in [-0.2, 0) is 21.7 Å². The summed E-state index contributed by atoms with van der Waals surface area (Å²) >= 11 is 0. The van der Waals surface area contributed by atoms with Gasteiger partial charge in [0.25, 0.3) is 0 Å². The molecule has 5 rings (SSSR count). The van der Waals surface area contributed by atoms with Crippen LogP contribution in [-0.4, -0.2) is 34.1 Å². The Morgan fingerprint density at radius 2 is 1.92 bits per heavy atom. The van der Waals surface area contributed by atoms with Gasteiger partial charge in [-0.25, -0.2) is 0 Å². The van der Waals surface area contributed by atoms with Crippen LogP contribution in [0.15, 0.2) is 49.2 Å². The Balaban J connectivity index is 0.00000156. The van der Waals surface area contributed by atoms with Gasteiger partial charge in [0, 0.05) is 45.9 Å². The summed E-state index contributed by atoms with van der Waals surface area (Å²) in [6.07, 6.45) is 5.76. The number of rotatable bonds is 3. The topological polar surface area (TPSA) is 36.4 Å². The predicted octanol–water partition coefficient (Wildman–Crippen LogP) is 4.43. The number of para-hydroxylation sites is 1. The first-order valence-electron chi connectivity index (χ1n) is 8.16. The van der Waals surface area contributed by atoms with Gasteiger partial charge in [0.05, 0.1) is 11.6 Å². The van der Waals surface area contributed by atoms with Gasteiger partial charge in [-0.05, 0) is 48.9 Å². The first-order chi connectivity index (χ1) is 10.8. The van der Waals surface area contributed by atoms with E-state index >= 15 is 0 Å². The monoisotopic (exact) mass is 450 g/mol. The van der Waals surface area contributed by atoms with Gasteiger partial charge in [-0.3, -0.25) is 9.88 Å². The first-order valence-corrected chi connectivity index (χ1v) is 8.16. The molecule has 7 heteroatoms. The normalized spacial score (nSPS) is 27.1. The Kier molecular flexibility index (Phi) is 11.0. The van der Waals surface area contributed by atoms with Crippen LogP contribution >= 0.6 is 37.2 Å². The van der Waals surface area contributed by atoms with Gasteiger partial charge in [0.1, 0.15) is 0 Å². The van der Waals surface area contributed by atoms with Gasteiger partial charge in [0.15, 0.2) is 0 Å². The molecule has 1 aromatic heterocycles. The smallest absolute Gasteiger partial charge is 0.0952 e. The van der Waals surface area contributed by atoms with Crippen LogP contribution in [0.25, 0.3) is 10.9 Å². The number of nitrogens with zero attached hydrogens (tertiary/aromatic N) is 2. The van der Waals surface area contributed by atoms with E-state index in [9.17, 15) is 5.11 Å². The molecule has 1 aromatic carbocycles. The van der Waals surface area contributed by atoms with Crippen molar-refractivity contribution in [2.75, 3.05) is 13.1 Å². The quantitative estimate of drug-likeness (QED) is 0.554. The number of hydrogen-bond acceptors (Lipinski definition) is 3. The first kappa shape index (κ1) is 25.9. The Bertz CT molecular complexity index is 713. The van der Waals surface area contributed by atoms with Crippen LogP contribution in [0.4, 0.5) is 0 Å². The molecule has 3 saturated heterocycles. The summed E-state index contributed by atoms with van der Waals surface area (Å²) in [5.74, 6) is 1.27. The van der Waals surface area contributed by atoms with Crippen molar-refractivity contribution in [3.8, 4) is 0 Å². The second-order valence-electron chi connectivity index (χ2n) is 6.61. The summed E-state index contributed by atoms with van der Waals surface area (Å²) in [5, 5.41) is 12.1. The molecule has 3 fully saturated rings. The van der Waals surface area contributed by atoms with Crippen LogP contribution in [0.5, 0.6) is 0 Å². The Hall–Kier alpha value is -0.126. The zero-order valence-electron chi connectivity index (χ0n) is 14.5. The summed E-state index contributed by atoms with van der Waals surface area (Å²) < 4.78 is 0. The maximum absolute atomic E-state index is 11.0. The molecule has 3 aliphatic heterocycles. The van der Waals surface area contributed by atoms with Gasteiger partial charge in [-0.1, -0.05) is 24.3 Å². The van der Waals surface area contributed by atoms with E-state index in [-0.39, 0.29) is 65.0 Å². The maximum Gasteiger partial charge on any atom is 0.0952 e. The Morgan fingerprint density at radius 3 is 2.58 bits per heavy atom. The van der Waals surface area contributed by atoms with Crippen molar-refractivity contribution in [1.82, 2.24) is 9.88 Å². The van der Waals surface area contributed by atoms with E-state index < -0.39 is 6.10 Å². The third kappa shape index (κ3) is 4.64. The minimum Gasteiger partial charge on any atom is -0.387 e. The molecule has 5 unspecified atom stereocenters. The molecule has 3 aliphatic rings. The van der Waals surface area contributed by atoms with Crippen LogP contribution in [0.1, 0.15) is 24.5 Å². The van der Waals surface area contributed by atoms with Crippen molar-refractivity contribution in [3.63, 3.8) is 0 Å². The number of aliphatic hydroxyl groups excluding tert-OH is 1. The molecule has 1 N–H and O–H groups in total. The van der Waals surface area contributed by atoms with Gasteiger partial charge in [-0.15, -0.1) is 43.8 Å². The average Bonchev–Trinajstić information content (AvgIpc) is 2.60. The van der Waals surface area contributed by atoms with Crippen LogP contribution in [0.2, 0.25) is 0 Å². The van der Waals surface area contributed by atoms with E-state index in [1.807, 2.05) is 30.5 Å². The van der Waals surface area contributed by atoms with Crippen molar-refractivity contribution in [2.45, 2.75) is 25.0 Å². The molecule has 142 valence electrons. The predicted molar refractivity (Wildman–Crippen MR) is 110 cm³/mol. The van der Waals surface area contributed by atoms with Crippen molar-refractivity contribution >= 4 is 48.1 Å². The zero-order chi connectivity index (χ0) is 15.1. The second kappa shape index (κ2) is 11.0. The fraction of sp³-hybridized carbons (Fsp3) is 0.421. The van der Waals surface area contributed by atoms with Gasteiger partial charge in [0.2, 0.25) is 0 Å². The molecule has 4 heterocycles. The van der Waals surface area contributed by atoms with Crippen LogP contribution in [0.3, 0.4) is 0 Å². The molecule has 3 nitrogen and oxygen atoms in total. The molecule has 0 radical (unpaired) electrons. The molecule has 0 saturated carbocycles. The Labute approximate surface area is 188 Å². The van der Waals surface area contributed by atoms with E-state index in [4.69, 9.17) is 0 Å². The van der Waals surface area contributed by atoms with Gasteiger partial charge >= 0.3 is 0 Å². The SMILES string of the molecule is C=CC1CN2CCC1CC2C(O)c1ccnc2ccccc12.Cl.Cl.Cl.[Ti]. The summed E-state index contributed by atoms with van der Waals surface area (Å²) in [7, 11) is 0. The fourth-order valence-corrected chi connectivity index (χ4v) is 4.29. The summed E-state index contributed by atoms with van der Waals surface area (Å²) in [6, 6.07) is 10.3. The summed E-state index contributed by atoms with van der Waals surface area (Å²) in [5.41, 5.74) is 1.97. The molecule has 0 spiro atoms. The van der Waals surface area contributed by atoms with E-state index in [0.717, 1.165) is 36.0 Å². The van der Waals surface area contributed by atoms with E-state index in [1.165, 1.54) is 6.42 Å². The minimum atomic E-state index is -0.443. The molecular weight excluding hydrogens is 426 g/mol. The van der Waals surface area contributed by atoms with Gasteiger partial charge < -0.3 is 5.11 Å². The van der Waals surface area contributed by atoms with E-state index in [0.29, 0.717) is 11.8 Å². The number of aromatic nitrogens is 1. The molecule has 2 aromatic rings. The van der Waals surface area contributed by atoms with Crippen LogP contribution < -0.4 is 0 Å². The third-order valence-electron chi connectivity index (χ3n) is 5.52. The van der Waals surface area contributed by atoms with Crippen molar-refractivity contribution in [3.05, 3.63) is 54.7 Å². The maximum atomic E-state index is 11.0.